The Morgan fingerprint density at radius 1 is 1.06 bits per heavy atom. The summed E-state index contributed by atoms with van der Waals surface area (Å²) in [7, 11) is 0. The summed E-state index contributed by atoms with van der Waals surface area (Å²) >= 11 is 0. The number of hydrogen-bond acceptors (Lipinski definition) is 5. The molecule has 0 spiro atoms. The van der Waals surface area contributed by atoms with Gasteiger partial charge in [-0.3, -0.25) is 4.79 Å². The van der Waals surface area contributed by atoms with Crippen LogP contribution in [0, 0.1) is 6.92 Å². The molecule has 3 rings (SSSR count). The van der Waals surface area contributed by atoms with Crippen molar-refractivity contribution in [2.24, 2.45) is 0 Å². The van der Waals surface area contributed by atoms with Crippen molar-refractivity contribution in [1.29, 1.82) is 0 Å². The van der Waals surface area contributed by atoms with Crippen molar-refractivity contribution < 1.29 is 23.9 Å². The molecule has 0 aliphatic rings. The Labute approximate surface area is 187 Å². The SMILES string of the molecule is Cc1ccc2[nH]cc(CC(NC(=O)OC(C)(C)C)C(=O)OCC(=O)c3ccccc3)c2c1. The largest absolute Gasteiger partial charge is 0.456 e. The quantitative estimate of drug-likeness (QED) is 0.424. The number of aryl methyl sites for hydroxylation is 1. The van der Waals surface area contributed by atoms with E-state index < -0.39 is 30.3 Å². The van der Waals surface area contributed by atoms with Gasteiger partial charge in [-0.2, -0.15) is 0 Å². The van der Waals surface area contributed by atoms with Crippen LogP contribution in [0.15, 0.2) is 54.7 Å². The van der Waals surface area contributed by atoms with Gasteiger partial charge in [-0.1, -0.05) is 42.0 Å². The fraction of sp³-hybridized carbons (Fsp3) is 0.320. The minimum atomic E-state index is -1.02. The number of aromatic amines is 1. The molecule has 2 aromatic carbocycles. The molecule has 3 aromatic rings. The maximum atomic E-state index is 12.9. The Morgan fingerprint density at radius 2 is 1.78 bits per heavy atom. The number of ether oxygens (including phenoxy) is 2. The van der Waals surface area contributed by atoms with E-state index >= 15 is 0 Å². The molecule has 2 N–H and O–H groups in total. The highest BCUT2D eigenvalue weighted by Crippen LogP contribution is 2.21. The van der Waals surface area contributed by atoms with E-state index in [1.807, 2.05) is 25.1 Å². The standard InChI is InChI=1S/C25H28N2O5/c1-16-10-11-20-19(12-16)18(14-26-20)13-21(27-24(30)32-25(2,3)4)23(29)31-15-22(28)17-8-6-5-7-9-17/h5-12,14,21,26H,13,15H2,1-4H3,(H,27,30). The second kappa shape index (κ2) is 9.68. The predicted octanol–water partition coefficient (Wildman–Crippen LogP) is 4.34. The number of carbonyl (C=O) groups is 3. The van der Waals surface area contributed by atoms with Crippen molar-refractivity contribution in [2.45, 2.75) is 45.8 Å². The second-order valence-electron chi connectivity index (χ2n) is 8.66. The first-order valence-corrected chi connectivity index (χ1v) is 10.4. The van der Waals surface area contributed by atoms with Gasteiger partial charge in [0.2, 0.25) is 0 Å². The van der Waals surface area contributed by atoms with Crippen LogP contribution in [0.5, 0.6) is 0 Å². The molecule has 0 saturated heterocycles. The lowest BCUT2D eigenvalue weighted by Gasteiger charge is -2.23. The highest BCUT2D eigenvalue weighted by Gasteiger charge is 2.27. The predicted molar refractivity (Wildman–Crippen MR) is 122 cm³/mol. The molecular weight excluding hydrogens is 408 g/mol. The van der Waals surface area contributed by atoms with Gasteiger partial charge in [0.1, 0.15) is 11.6 Å². The van der Waals surface area contributed by atoms with Crippen LogP contribution < -0.4 is 5.32 Å². The average Bonchev–Trinajstić information content (AvgIpc) is 3.12. The van der Waals surface area contributed by atoms with Crippen LogP contribution in [-0.2, 0) is 20.7 Å². The number of alkyl carbamates (subject to hydrolysis) is 1. The number of ketones is 1. The molecule has 1 atom stereocenters. The summed E-state index contributed by atoms with van der Waals surface area (Å²) < 4.78 is 10.6. The molecule has 0 aliphatic heterocycles. The molecule has 7 heteroatoms. The van der Waals surface area contributed by atoms with Crippen molar-refractivity contribution in [2.75, 3.05) is 6.61 Å². The molecule has 0 saturated carbocycles. The lowest BCUT2D eigenvalue weighted by molar-refractivity contribution is -0.145. The summed E-state index contributed by atoms with van der Waals surface area (Å²) in [6, 6.07) is 13.5. The van der Waals surface area contributed by atoms with Gasteiger partial charge < -0.3 is 19.8 Å². The molecule has 1 heterocycles. The van der Waals surface area contributed by atoms with Gasteiger partial charge in [0.05, 0.1) is 0 Å². The first kappa shape index (κ1) is 23.1. The van der Waals surface area contributed by atoms with E-state index in [1.54, 1.807) is 57.3 Å². The van der Waals surface area contributed by atoms with Gasteiger partial charge in [-0.05, 0) is 45.4 Å². The van der Waals surface area contributed by atoms with Crippen LogP contribution in [0.2, 0.25) is 0 Å². The molecule has 1 aromatic heterocycles. The summed E-state index contributed by atoms with van der Waals surface area (Å²) in [4.78, 5) is 40.7. The zero-order chi connectivity index (χ0) is 23.3. The molecule has 1 amide bonds. The normalized spacial score (nSPS) is 12.2. The van der Waals surface area contributed by atoms with Gasteiger partial charge in [0, 0.05) is 29.1 Å². The molecule has 0 aliphatic carbocycles. The number of rotatable bonds is 7. The maximum Gasteiger partial charge on any atom is 0.408 e. The number of H-pyrrole nitrogens is 1. The molecule has 32 heavy (non-hydrogen) atoms. The third-order valence-corrected chi connectivity index (χ3v) is 4.76. The smallest absolute Gasteiger partial charge is 0.408 e. The van der Waals surface area contributed by atoms with Crippen molar-refractivity contribution in [3.63, 3.8) is 0 Å². The maximum absolute atomic E-state index is 12.9. The number of benzene rings is 2. The number of esters is 1. The van der Waals surface area contributed by atoms with Crippen LogP contribution in [0.3, 0.4) is 0 Å². The third-order valence-electron chi connectivity index (χ3n) is 4.76. The van der Waals surface area contributed by atoms with Gasteiger partial charge in [-0.25, -0.2) is 9.59 Å². The molecule has 1 unspecified atom stereocenters. The van der Waals surface area contributed by atoms with Crippen LogP contribution in [0.4, 0.5) is 4.79 Å². The van der Waals surface area contributed by atoms with E-state index in [4.69, 9.17) is 9.47 Å². The number of carbonyl (C=O) groups excluding carboxylic acids is 3. The number of Topliss-reactive ketones (excluding diaryl/α,β-unsaturated/α-hetero) is 1. The van der Waals surface area contributed by atoms with Gasteiger partial charge >= 0.3 is 12.1 Å². The van der Waals surface area contributed by atoms with E-state index in [0.717, 1.165) is 22.0 Å². The minimum Gasteiger partial charge on any atom is -0.456 e. The molecule has 0 bridgehead atoms. The van der Waals surface area contributed by atoms with E-state index in [9.17, 15) is 14.4 Å². The number of aromatic nitrogens is 1. The van der Waals surface area contributed by atoms with Crippen molar-refractivity contribution in [1.82, 2.24) is 10.3 Å². The summed E-state index contributed by atoms with van der Waals surface area (Å²) in [6.07, 6.45) is 1.25. The molecule has 7 nitrogen and oxygen atoms in total. The first-order chi connectivity index (χ1) is 15.1. The molecule has 168 valence electrons. The lowest BCUT2D eigenvalue weighted by atomic mass is 10.0. The Hall–Kier alpha value is -3.61. The van der Waals surface area contributed by atoms with Crippen LogP contribution >= 0.6 is 0 Å². The average molecular weight is 437 g/mol. The molecule has 0 fully saturated rings. The summed E-state index contributed by atoms with van der Waals surface area (Å²) in [6.45, 7) is 6.78. The van der Waals surface area contributed by atoms with Crippen molar-refractivity contribution in [3.05, 3.63) is 71.4 Å². The molecular formula is C25H28N2O5. The monoisotopic (exact) mass is 436 g/mol. The van der Waals surface area contributed by atoms with Crippen molar-refractivity contribution in [3.8, 4) is 0 Å². The Kier molecular flexibility index (Phi) is 6.98. The number of fused-ring (bicyclic) bond motifs is 1. The van der Waals surface area contributed by atoms with E-state index in [-0.39, 0.29) is 12.2 Å². The Bertz CT molecular complexity index is 1110. The fourth-order valence-corrected chi connectivity index (χ4v) is 3.27. The molecule has 0 radical (unpaired) electrons. The number of nitrogens with one attached hydrogen (secondary N) is 2. The highest BCUT2D eigenvalue weighted by molar-refractivity contribution is 5.98. The topological polar surface area (TPSA) is 97.5 Å². The van der Waals surface area contributed by atoms with Crippen LogP contribution in [0.1, 0.15) is 42.3 Å². The van der Waals surface area contributed by atoms with E-state index in [0.29, 0.717) is 5.56 Å². The van der Waals surface area contributed by atoms with E-state index in [2.05, 4.69) is 10.3 Å². The van der Waals surface area contributed by atoms with Crippen LogP contribution in [0.25, 0.3) is 10.9 Å². The van der Waals surface area contributed by atoms with Gasteiger partial charge in [0.15, 0.2) is 12.4 Å². The summed E-state index contributed by atoms with van der Waals surface area (Å²) in [5, 5.41) is 3.55. The minimum absolute atomic E-state index is 0.182. The Morgan fingerprint density at radius 3 is 2.47 bits per heavy atom. The number of amides is 1. The first-order valence-electron chi connectivity index (χ1n) is 10.4. The fourth-order valence-electron chi connectivity index (χ4n) is 3.27. The number of hydrogen-bond donors (Lipinski definition) is 2. The lowest BCUT2D eigenvalue weighted by Crippen LogP contribution is -2.45. The zero-order valence-electron chi connectivity index (χ0n) is 18.7. The summed E-state index contributed by atoms with van der Waals surface area (Å²) in [5.74, 6) is -1.03. The van der Waals surface area contributed by atoms with Crippen LogP contribution in [-0.4, -0.2) is 41.1 Å². The van der Waals surface area contributed by atoms with Gasteiger partial charge in [-0.15, -0.1) is 0 Å². The second-order valence-corrected chi connectivity index (χ2v) is 8.66. The third kappa shape index (κ3) is 6.20. The van der Waals surface area contributed by atoms with E-state index in [1.165, 1.54) is 0 Å². The highest BCUT2D eigenvalue weighted by atomic mass is 16.6. The zero-order valence-corrected chi connectivity index (χ0v) is 18.7. The van der Waals surface area contributed by atoms with Gasteiger partial charge in [0.25, 0.3) is 0 Å². The summed E-state index contributed by atoms with van der Waals surface area (Å²) in [5.41, 5.74) is 2.57. The Balaban J connectivity index is 1.76. The van der Waals surface area contributed by atoms with Crippen molar-refractivity contribution >= 4 is 28.7 Å².